The maximum Gasteiger partial charge on any atom is 0.286 e. The van der Waals surface area contributed by atoms with Gasteiger partial charge >= 0.3 is 0 Å². The Labute approximate surface area is 179 Å². The molecule has 1 aromatic heterocycles. The highest BCUT2D eigenvalue weighted by atomic mass is 32.2. The Kier molecular flexibility index (Phi) is 4.79. The maximum absolute atomic E-state index is 12.8. The van der Waals surface area contributed by atoms with Crippen molar-refractivity contribution in [2.24, 2.45) is 10.3 Å². The Morgan fingerprint density at radius 2 is 2.03 bits per heavy atom. The lowest BCUT2D eigenvalue weighted by Crippen LogP contribution is -2.36. The normalized spacial score (nSPS) is 23.2. The number of rotatable bonds is 3. The number of anilines is 2. The maximum atomic E-state index is 12.8. The number of ether oxygens (including phenoxy) is 1. The van der Waals surface area contributed by atoms with Gasteiger partial charge in [-0.3, -0.25) is 4.79 Å². The molecule has 0 aliphatic carbocycles. The van der Waals surface area contributed by atoms with Gasteiger partial charge in [-0.15, -0.1) is 4.40 Å². The summed E-state index contributed by atoms with van der Waals surface area (Å²) in [5, 5.41) is 6.39. The summed E-state index contributed by atoms with van der Waals surface area (Å²) >= 11 is 1.33. The van der Waals surface area contributed by atoms with Gasteiger partial charge in [0.05, 0.1) is 27.7 Å². The van der Waals surface area contributed by atoms with Crippen molar-refractivity contribution >= 4 is 43.9 Å². The fourth-order valence-corrected chi connectivity index (χ4v) is 6.03. The van der Waals surface area contributed by atoms with Crippen molar-refractivity contribution in [1.29, 1.82) is 0 Å². The van der Waals surface area contributed by atoms with Gasteiger partial charge in [0.1, 0.15) is 10.7 Å². The molecule has 160 valence electrons. The number of amides is 1. The second-order valence-corrected chi connectivity index (χ2v) is 11.3. The summed E-state index contributed by atoms with van der Waals surface area (Å²) in [7, 11) is -3.69. The highest BCUT2D eigenvalue weighted by molar-refractivity contribution is 7.90. The van der Waals surface area contributed by atoms with Crippen LogP contribution in [0, 0.1) is 5.92 Å². The van der Waals surface area contributed by atoms with E-state index in [9.17, 15) is 13.2 Å². The zero-order chi connectivity index (χ0) is 21.9. The average Bonchev–Trinajstić information content (AvgIpc) is 3.14. The summed E-state index contributed by atoms with van der Waals surface area (Å²) in [5.74, 6) is -0.0713. The van der Waals surface area contributed by atoms with E-state index in [-0.39, 0.29) is 22.3 Å². The van der Waals surface area contributed by atoms with E-state index in [1.807, 2.05) is 27.7 Å². The van der Waals surface area contributed by atoms with Gasteiger partial charge in [-0.25, -0.2) is 4.98 Å². The second-order valence-electron chi connectivity index (χ2n) is 8.73. The highest BCUT2D eigenvalue weighted by Gasteiger charge is 2.49. The van der Waals surface area contributed by atoms with Crippen molar-refractivity contribution < 1.29 is 17.9 Å². The van der Waals surface area contributed by atoms with Crippen LogP contribution in [0.2, 0.25) is 0 Å². The van der Waals surface area contributed by atoms with E-state index < -0.39 is 15.6 Å². The summed E-state index contributed by atoms with van der Waals surface area (Å²) in [6.07, 6.45) is 2.30. The molecular weight excluding hydrogens is 424 g/mol. The molecule has 30 heavy (non-hydrogen) atoms. The first-order chi connectivity index (χ1) is 13.9. The number of carbonyl (C=O) groups is 1. The Morgan fingerprint density at radius 3 is 2.70 bits per heavy atom. The molecule has 0 spiro atoms. The minimum Gasteiger partial charge on any atom is -0.369 e. The van der Waals surface area contributed by atoms with Crippen LogP contribution in [0.4, 0.5) is 10.8 Å². The molecule has 0 saturated carbocycles. The van der Waals surface area contributed by atoms with E-state index in [0.717, 1.165) is 10.4 Å². The largest absolute Gasteiger partial charge is 0.369 e. The molecule has 2 aliphatic rings. The number of hydrogen-bond donors (Lipinski definition) is 2. The number of carbonyl (C=O) groups excluding carboxylic acids is 1. The SMILES string of the molecule is CC1=NS(=O)(=O)c2ccc(-c3cnc(NC(=O)C4CC(C)(C)OC4(C)C)s3)cc2N1. The van der Waals surface area contributed by atoms with Gasteiger partial charge in [-0.2, -0.15) is 8.42 Å². The molecule has 1 unspecified atom stereocenters. The molecule has 1 atom stereocenters. The molecule has 0 bridgehead atoms. The summed E-state index contributed by atoms with van der Waals surface area (Å²) in [6, 6.07) is 4.99. The molecule has 2 aromatic rings. The molecule has 0 radical (unpaired) electrons. The zero-order valence-corrected chi connectivity index (χ0v) is 19.1. The molecule has 1 fully saturated rings. The Balaban J connectivity index is 1.55. The van der Waals surface area contributed by atoms with Crippen molar-refractivity contribution in [2.45, 2.75) is 57.1 Å². The van der Waals surface area contributed by atoms with Crippen LogP contribution in [-0.4, -0.2) is 36.3 Å². The van der Waals surface area contributed by atoms with E-state index in [1.54, 1.807) is 25.3 Å². The number of aromatic nitrogens is 1. The monoisotopic (exact) mass is 448 g/mol. The van der Waals surface area contributed by atoms with Gasteiger partial charge < -0.3 is 15.4 Å². The number of nitrogens with zero attached hydrogens (tertiary/aromatic N) is 2. The first kappa shape index (κ1) is 21.0. The topological polar surface area (TPSA) is 110 Å². The molecule has 10 heteroatoms. The van der Waals surface area contributed by atoms with E-state index in [1.165, 1.54) is 17.4 Å². The van der Waals surface area contributed by atoms with Gasteiger partial charge in [0, 0.05) is 6.20 Å². The molecule has 1 amide bonds. The predicted octanol–water partition coefficient (Wildman–Crippen LogP) is 3.87. The number of thiazole rings is 1. The van der Waals surface area contributed by atoms with Crippen LogP contribution in [0.15, 0.2) is 33.7 Å². The van der Waals surface area contributed by atoms with E-state index in [4.69, 9.17) is 4.74 Å². The van der Waals surface area contributed by atoms with Gasteiger partial charge in [0.15, 0.2) is 5.13 Å². The summed E-state index contributed by atoms with van der Waals surface area (Å²) in [5.41, 5.74) is 0.376. The average molecular weight is 449 g/mol. The van der Waals surface area contributed by atoms with Crippen LogP contribution >= 0.6 is 11.3 Å². The minimum absolute atomic E-state index is 0.114. The third-order valence-electron chi connectivity index (χ3n) is 5.24. The van der Waals surface area contributed by atoms with E-state index in [2.05, 4.69) is 20.0 Å². The van der Waals surface area contributed by atoms with Crippen LogP contribution in [-0.2, 0) is 19.6 Å². The summed E-state index contributed by atoms with van der Waals surface area (Å²) in [4.78, 5) is 18.1. The van der Waals surface area contributed by atoms with Gasteiger partial charge in [0.2, 0.25) is 5.91 Å². The standard InChI is InChI=1S/C20H24N4O4S2/c1-11-22-14-8-12(6-7-16(14)30(26,27)24-11)15-10-21-18(29-15)23-17(25)13-9-19(2,3)28-20(13,4)5/h6-8,10,13H,9H2,1-5H3,(H,22,24)(H,21,23,25). The van der Waals surface area contributed by atoms with Gasteiger partial charge in [-0.1, -0.05) is 17.4 Å². The third kappa shape index (κ3) is 3.86. The quantitative estimate of drug-likeness (QED) is 0.737. The molecule has 3 heterocycles. The number of fused-ring (bicyclic) bond motifs is 1. The lowest BCUT2D eigenvalue weighted by molar-refractivity contribution is -0.126. The van der Waals surface area contributed by atoms with Crippen molar-refractivity contribution in [1.82, 2.24) is 4.98 Å². The number of nitrogens with one attached hydrogen (secondary N) is 2. The molecule has 4 rings (SSSR count). The lowest BCUT2D eigenvalue weighted by Gasteiger charge is -2.26. The number of amidine groups is 1. The van der Waals surface area contributed by atoms with Crippen LogP contribution in [0.5, 0.6) is 0 Å². The fraction of sp³-hybridized carbons (Fsp3) is 0.450. The summed E-state index contributed by atoms with van der Waals surface area (Å²) in [6.45, 7) is 9.43. The van der Waals surface area contributed by atoms with Crippen LogP contribution < -0.4 is 10.6 Å². The highest BCUT2D eigenvalue weighted by Crippen LogP contribution is 2.43. The number of sulfonamides is 1. The number of benzene rings is 1. The molecule has 1 saturated heterocycles. The van der Waals surface area contributed by atoms with Crippen LogP contribution in [0.1, 0.15) is 41.0 Å². The van der Waals surface area contributed by atoms with Crippen molar-refractivity contribution in [3.05, 3.63) is 24.4 Å². The van der Waals surface area contributed by atoms with Crippen LogP contribution in [0.3, 0.4) is 0 Å². The second kappa shape index (κ2) is 6.86. The van der Waals surface area contributed by atoms with E-state index in [0.29, 0.717) is 23.1 Å². The van der Waals surface area contributed by atoms with Crippen molar-refractivity contribution in [3.63, 3.8) is 0 Å². The Bertz CT molecular complexity index is 1170. The third-order valence-corrected chi connectivity index (χ3v) is 7.63. The smallest absolute Gasteiger partial charge is 0.286 e. The number of hydrogen-bond acceptors (Lipinski definition) is 7. The van der Waals surface area contributed by atoms with Crippen molar-refractivity contribution in [2.75, 3.05) is 10.6 Å². The fourth-order valence-electron chi connectivity index (χ4n) is 4.08. The van der Waals surface area contributed by atoms with Gasteiger partial charge in [-0.05, 0) is 58.7 Å². The molecule has 2 aliphatic heterocycles. The van der Waals surface area contributed by atoms with Crippen LogP contribution in [0.25, 0.3) is 10.4 Å². The first-order valence-electron chi connectivity index (χ1n) is 9.56. The Hall–Kier alpha value is -2.30. The van der Waals surface area contributed by atoms with Crippen molar-refractivity contribution in [3.8, 4) is 10.4 Å². The molecular formula is C20H24N4O4S2. The minimum atomic E-state index is -3.69. The van der Waals surface area contributed by atoms with E-state index >= 15 is 0 Å². The Morgan fingerprint density at radius 1 is 1.30 bits per heavy atom. The predicted molar refractivity (Wildman–Crippen MR) is 117 cm³/mol. The molecule has 2 N–H and O–H groups in total. The first-order valence-corrected chi connectivity index (χ1v) is 11.8. The lowest BCUT2D eigenvalue weighted by atomic mass is 9.87. The zero-order valence-electron chi connectivity index (χ0n) is 17.4. The molecule has 8 nitrogen and oxygen atoms in total. The summed E-state index contributed by atoms with van der Waals surface area (Å²) < 4.78 is 34.1. The molecule has 1 aromatic carbocycles. The van der Waals surface area contributed by atoms with Gasteiger partial charge in [0.25, 0.3) is 10.0 Å².